The minimum atomic E-state index is 0.448. The Hall–Kier alpha value is -0.730. The van der Waals surface area contributed by atoms with Crippen LogP contribution in [0, 0.1) is 5.41 Å². The minimum absolute atomic E-state index is 0.448. The summed E-state index contributed by atoms with van der Waals surface area (Å²) >= 11 is 0. The number of nitrogens with one attached hydrogen (secondary N) is 1. The standard InChI is InChI=1S/C11H23N3/c1-5-12-10(13-6-2)14-8-7-11(3,4)9-14/h5-9H2,1-4H3,(H,12,13). The Morgan fingerprint density at radius 1 is 1.43 bits per heavy atom. The van der Waals surface area contributed by atoms with Crippen LogP contribution in [0.2, 0.25) is 0 Å². The molecule has 3 nitrogen and oxygen atoms in total. The normalized spacial score (nSPS) is 21.4. The lowest BCUT2D eigenvalue weighted by molar-refractivity contribution is 0.370. The van der Waals surface area contributed by atoms with Gasteiger partial charge in [0.05, 0.1) is 0 Å². The van der Waals surface area contributed by atoms with Crippen molar-refractivity contribution in [1.82, 2.24) is 10.2 Å². The zero-order valence-corrected chi connectivity index (χ0v) is 9.93. The molecule has 1 aliphatic heterocycles. The van der Waals surface area contributed by atoms with Crippen molar-refractivity contribution in [2.24, 2.45) is 10.4 Å². The molecule has 0 aliphatic carbocycles. The van der Waals surface area contributed by atoms with E-state index < -0.39 is 0 Å². The lowest BCUT2D eigenvalue weighted by atomic mass is 9.93. The first-order chi connectivity index (χ1) is 6.59. The second-order valence-electron chi connectivity index (χ2n) is 4.66. The van der Waals surface area contributed by atoms with Crippen molar-refractivity contribution in [3.8, 4) is 0 Å². The third kappa shape index (κ3) is 2.89. The molecule has 0 radical (unpaired) electrons. The predicted molar refractivity (Wildman–Crippen MR) is 61.6 cm³/mol. The lowest BCUT2D eigenvalue weighted by Crippen LogP contribution is -2.40. The van der Waals surface area contributed by atoms with E-state index in [4.69, 9.17) is 0 Å². The summed E-state index contributed by atoms with van der Waals surface area (Å²) < 4.78 is 0. The Kier molecular flexibility index (Phi) is 3.78. The van der Waals surface area contributed by atoms with Gasteiger partial charge in [-0.05, 0) is 25.7 Å². The van der Waals surface area contributed by atoms with Crippen molar-refractivity contribution in [1.29, 1.82) is 0 Å². The summed E-state index contributed by atoms with van der Waals surface area (Å²) in [6.45, 7) is 12.9. The summed E-state index contributed by atoms with van der Waals surface area (Å²) in [6, 6.07) is 0. The number of hydrogen-bond acceptors (Lipinski definition) is 1. The van der Waals surface area contributed by atoms with Crippen LogP contribution in [0.5, 0.6) is 0 Å². The SMILES string of the molecule is CCN=C(NCC)N1CCC(C)(C)C1. The fraction of sp³-hybridized carbons (Fsp3) is 0.909. The molecule has 1 aliphatic rings. The summed E-state index contributed by atoms with van der Waals surface area (Å²) in [4.78, 5) is 6.86. The third-order valence-electron chi connectivity index (χ3n) is 2.62. The van der Waals surface area contributed by atoms with Gasteiger partial charge < -0.3 is 10.2 Å². The van der Waals surface area contributed by atoms with Gasteiger partial charge in [-0.15, -0.1) is 0 Å². The van der Waals surface area contributed by atoms with Crippen molar-refractivity contribution < 1.29 is 0 Å². The number of aliphatic imine (C=N–C) groups is 1. The van der Waals surface area contributed by atoms with E-state index in [1.54, 1.807) is 0 Å². The van der Waals surface area contributed by atoms with Gasteiger partial charge in [0, 0.05) is 26.2 Å². The zero-order valence-electron chi connectivity index (χ0n) is 9.93. The van der Waals surface area contributed by atoms with Gasteiger partial charge in [0.2, 0.25) is 0 Å². The fourth-order valence-electron chi connectivity index (χ4n) is 1.87. The summed E-state index contributed by atoms with van der Waals surface area (Å²) in [5.41, 5.74) is 0.448. The van der Waals surface area contributed by atoms with E-state index >= 15 is 0 Å². The second-order valence-corrected chi connectivity index (χ2v) is 4.66. The topological polar surface area (TPSA) is 27.6 Å². The molecule has 0 aromatic rings. The Morgan fingerprint density at radius 3 is 2.57 bits per heavy atom. The third-order valence-corrected chi connectivity index (χ3v) is 2.62. The molecule has 1 N–H and O–H groups in total. The molecule has 0 saturated carbocycles. The molecule has 0 atom stereocenters. The number of guanidine groups is 1. The predicted octanol–water partition coefficient (Wildman–Crippen LogP) is 1.70. The van der Waals surface area contributed by atoms with Gasteiger partial charge in [-0.25, -0.2) is 0 Å². The molecule has 1 fully saturated rings. The monoisotopic (exact) mass is 197 g/mol. The van der Waals surface area contributed by atoms with Gasteiger partial charge in [-0.1, -0.05) is 13.8 Å². The molecule has 1 rings (SSSR count). The Morgan fingerprint density at radius 2 is 2.14 bits per heavy atom. The molecule has 3 heteroatoms. The van der Waals surface area contributed by atoms with E-state index in [1.807, 2.05) is 0 Å². The Labute approximate surface area is 87.6 Å². The lowest BCUT2D eigenvalue weighted by Gasteiger charge is -2.23. The number of likely N-dealkylation sites (tertiary alicyclic amines) is 1. The Balaban J connectivity index is 2.58. The first kappa shape index (κ1) is 11.3. The zero-order chi connectivity index (χ0) is 10.6. The average Bonchev–Trinajstić information content (AvgIpc) is 2.46. The highest BCUT2D eigenvalue weighted by molar-refractivity contribution is 5.80. The van der Waals surface area contributed by atoms with Crippen LogP contribution in [0.3, 0.4) is 0 Å². The molecule has 0 spiro atoms. The van der Waals surface area contributed by atoms with Crippen LogP contribution < -0.4 is 5.32 Å². The van der Waals surface area contributed by atoms with Crippen molar-refractivity contribution in [2.75, 3.05) is 26.2 Å². The highest BCUT2D eigenvalue weighted by atomic mass is 15.3. The maximum atomic E-state index is 4.49. The highest BCUT2D eigenvalue weighted by Gasteiger charge is 2.30. The molecule has 0 aromatic carbocycles. The van der Waals surface area contributed by atoms with Crippen LogP contribution in [0.25, 0.3) is 0 Å². The van der Waals surface area contributed by atoms with Crippen molar-refractivity contribution in [3.63, 3.8) is 0 Å². The molecule has 1 saturated heterocycles. The molecule has 14 heavy (non-hydrogen) atoms. The Bertz CT molecular complexity index is 209. The van der Waals surface area contributed by atoms with Crippen LogP contribution in [-0.2, 0) is 0 Å². The minimum Gasteiger partial charge on any atom is -0.357 e. The summed E-state index contributed by atoms with van der Waals surface area (Å²) in [5, 5.41) is 3.34. The van der Waals surface area contributed by atoms with Crippen molar-refractivity contribution in [3.05, 3.63) is 0 Å². The summed E-state index contributed by atoms with van der Waals surface area (Å²) in [7, 11) is 0. The van der Waals surface area contributed by atoms with Crippen LogP contribution in [0.1, 0.15) is 34.1 Å². The maximum Gasteiger partial charge on any atom is 0.193 e. The van der Waals surface area contributed by atoms with Gasteiger partial charge in [-0.2, -0.15) is 0 Å². The van der Waals surface area contributed by atoms with E-state index in [0.29, 0.717) is 5.41 Å². The van der Waals surface area contributed by atoms with Crippen LogP contribution in [0.4, 0.5) is 0 Å². The first-order valence-corrected chi connectivity index (χ1v) is 5.62. The maximum absolute atomic E-state index is 4.49. The van der Waals surface area contributed by atoms with Gasteiger partial charge in [-0.3, -0.25) is 4.99 Å². The van der Waals surface area contributed by atoms with Crippen molar-refractivity contribution in [2.45, 2.75) is 34.1 Å². The quantitative estimate of drug-likeness (QED) is 0.539. The number of nitrogens with zero attached hydrogens (tertiary/aromatic N) is 2. The van der Waals surface area contributed by atoms with E-state index in [2.05, 4.69) is 42.9 Å². The van der Waals surface area contributed by atoms with E-state index in [0.717, 1.165) is 32.1 Å². The molecule has 0 amide bonds. The summed E-state index contributed by atoms with van der Waals surface area (Å²) in [5.74, 6) is 1.08. The molecule has 0 aromatic heterocycles. The fourth-order valence-corrected chi connectivity index (χ4v) is 1.87. The molecule has 0 bridgehead atoms. The van der Waals surface area contributed by atoms with E-state index in [9.17, 15) is 0 Å². The van der Waals surface area contributed by atoms with Gasteiger partial charge >= 0.3 is 0 Å². The van der Waals surface area contributed by atoms with Gasteiger partial charge in [0.1, 0.15) is 0 Å². The second kappa shape index (κ2) is 4.67. The van der Waals surface area contributed by atoms with Crippen LogP contribution in [-0.4, -0.2) is 37.0 Å². The highest BCUT2D eigenvalue weighted by Crippen LogP contribution is 2.28. The molecule has 1 heterocycles. The first-order valence-electron chi connectivity index (χ1n) is 5.62. The smallest absolute Gasteiger partial charge is 0.193 e. The summed E-state index contributed by atoms with van der Waals surface area (Å²) in [6.07, 6.45) is 1.27. The van der Waals surface area contributed by atoms with E-state index in [-0.39, 0.29) is 0 Å². The van der Waals surface area contributed by atoms with Crippen LogP contribution in [0.15, 0.2) is 4.99 Å². The molecular weight excluding hydrogens is 174 g/mol. The van der Waals surface area contributed by atoms with Gasteiger partial charge in [0.15, 0.2) is 5.96 Å². The number of hydrogen-bond donors (Lipinski definition) is 1. The van der Waals surface area contributed by atoms with Crippen molar-refractivity contribution >= 4 is 5.96 Å². The average molecular weight is 197 g/mol. The number of rotatable bonds is 2. The van der Waals surface area contributed by atoms with E-state index in [1.165, 1.54) is 6.42 Å². The largest absolute Gasteiger partial charge is 0.357 e. The molecular formula is C11H23N3. The molecule has 82 valence electrons. The van der Waals surface area contributed by atoms with Crippen LogP contribution >= 0.6 is 0 Å². The van der Waals surface area contributed by atoms with Gasteiger partial charge in [0.25, 0.3) is 0 Å². The molecule has 0 unspecified atom stereocenters.